The Labute approximate surface area is 510 Å². The molecule has 6 nitrogen and oxygen atoms in total. The summed E-state index contributed by atoms with van der Waals surface area (Å²) in [6, 6.07) is 0. The number of hydrogen-bond acceptors (Lipinski definition) is 6. The van der Waals surface area contributed by atoms with Crippen molar-refractivity contribution in [1.82, 2.24) is 0 Å². The molecule has 0 aliphatic rings. The molecule has 0 aromatic rings. The van der Waals surface area contributed by atoms with Crippen LogP contribution in [0.3, 0.4) is 0 Å². The minimum absolute atomic E-state index is 0.109. The lowest BCUT2D eigenvalue weighted by atomic mass is 10.1. The first-order valence-corrected chi connectivity index (χ1v) is 33.3. The Morgan fingerprint density at radius 2 is 0.434 bits per heavy atom. The van der Waals surface area contributed by atoms with Crippen molar-refractivity contribution in [3.63, 3.8) is 0 Å². The lowest BCUT2D eigenvalue weighted by Gasteiger charge is -2.18. The van der Waals surface area contributed by atoms with Crippen molar-refractivity contribution >= 4 is 17.9 Å². The largest absolute Gasteiger partial charge is 0.462 e. The van der Waals surface area contributed by atoms with E-state index in [1.807, 2.05) is 0 Å². The smallest absolute Gasteiger partial charge is 0.306 e. The number of hydrogen-bond donors (Lipinski definition) is 0. The van der Waals surface area contributed by atoms with E-state index < -0.39 is 6.10 Å². The predicted molar refractivity (Wildman–Crippen MR) is 361 cm³/mol. The summed E-state index contributed by atoms with van der Waals surface area (Å²) in [6.07, 6.45) is 103. The Morgan fingerprint density at radius 1 is 0.241 bits per heavy atom. The number of esters is 3. The third-order valence-electron chi connectivity index (χ3n) is 13.4. The molecule has 0 saturated carbocycles. The Kier molecular flexibility index (Phi) is 64.4. The van der Waals surface area contributed by atoms with Gasteiger partial charge in [0.15, 0.2) is 6.10 Å². The summed E-state index contributed by atoms with van der Waals surface area (Å²) in [4.78, 5) is 38.4. The van der Waals surface area contributed by atoms with Gasteiger partial charge < -0.3 is 14.2 Å². The molecule has 0 fully saturated rings. The quantitative estimate of drug-likeness (QED) is 0.0261. The van der Waals surface area contributed by atoms with Crippen LogP contribution in [0.4, 0.5) is 0 Å². The van der Waals surface area contributed by atoms with E-state index in [0.29, 0.717) is 25.7 Å². The van der Waals surface area contributed by atoms with Crippen LogP contribution in [-0.4, -0.2) is 37.2 Å². The van der Waals surface area contributed by atoms with Crippen LogP contribution < -0.4 is 0 Å². The summed E-state index contributed by atoms with van der Waals surface area (Å²) >= 11 is 0. The Morgan fingerprint density at radius 3 is 0.699 bits per heavy atom. The topological polar surface area (TPSA) is 78.9 Å². The van der Waals surface area contributed by atoms with E-state index in [1.165, 1.54) is 51.4 Å². The Bertz CT molecular complexity index is 1940. The first-order valence-electron chi connectivity index (χ1n) is 33.3. The number of unbranched alkanes of at least 4 members (excludes halogenated alkanes) is 17. The highest BCUT2D eigenvalue weighted by Crippen LogP contribution is 2.14. The molecule has 0 spiro atoms. The summed E-state index contributed by atoms with van der Waals surface area (Å²) in [5.74, 6) is -0.976. The summed E-state index contributed by atoms with van der Waals surface area (Å²) in [6.45, 7) is 6.24. The van der Waals surface area contributed by atoms with Crippen LogP contribution in [-0.2, 0) is 28.6 Å². The number of rotatable bonds is 58. The highest BCUT2D eigenvalue weighted by molar-refractivity contribution is 5.71. The molecule has 0 radical (unpaired) electrons. The number of carbonyl (C=O) groups is 3. The van der Waals surface area contributed by atoms with Gasteiger partial charge in [-0.3, -0.25) is 14.4 Å². The molecule has 0 bridgehead atoms. The zero-order valence-corrected chi connectivity index (χ0v) is 53.1. The molecule has 0 aromatic heterocycles. The summed E-state index contributed by atoms with van der Waals surface area (Å²) in [5, 5.41) is 0. The second-order valence-corrected chi connectivity index (χ2v) is 21.2. The zero-order valence-electron chi connectivity index (χ0n) is 53.1. The maximum Gasteiger partial charge on any atom is 0.306 e. The summed E-state index contributed by atoms with van der Waals surface area (Å²) in [7, 11) is 0. The maximum atomic E-state index is 12.9. The fourth-order valence-electron chi connectivity index (χ4n) is 8.52. The molecule has 1 atom stereocenters. The van der Waals surface area contributed by atoms with Gasteiger partial charge in [0.1, 0.15) is 13.2 Å². The molecule has 0 N–H and O–H groups in total. The molecule has 0 aliphatic carbocycles. The normalized spacial score (nSPS) is 13.3. The van der Waals surface area contributed by atoms with Crippen LogP contribution in [0.2, 0.25) is 0 Å². The van der Waals surface area contributed by atoms with Gasteiger partial charge in [0, 0.05) is 19.3 Å². The fraction of sp³-hybridized carbons (Fsp3) is 0.571. The first kappa shape index (κ1) is 77.5. The minimum Gasteiger partial charge on any atom is -0.462 e. The van der Waals surface area contributed by atoms with E-state index >= 15 is 0 Å². The van der Waals surface area contributed by atoms with Gasteiger partial charge in [-0.2, -0.15) is 0 Å². The maximum absolute atomic E-state index is 12.9. The molecule has 83 heavy (non-hydrogen) atoms. The van der Waals surface area contributed by atoms with Crippen molar-refractivity contribution in [2.45, 2.75) is 271 Å². The molecule has 1 unspecified atom stereocenters. The molecule has 464 valence electrons. The van der Waals surface area contributed by atoms with E-state index in [2.05, 4.69) is 203 Å². The first-order chi connectivity index (χ1) is 41.0. The third-order valence-corrected chi connectivity index (χ3v) is 13.4. The minimum atomic E-state index is -0.817. The molecule has 0 saturated heterocycles. The average molecular weight is 1140 g/mol. The van der Waals surface area contributed by atoms with Gasteiger partial charge in [-0.15, -0.1) is 0 Å². The number of carbonyl (C=O) groups excluding carboxylic acids is 3. The third kappa shape index (κ3) is 67.2. The van der Waals surface area contributed by atoms with Crippen LogP contribution in [0.25, 0.3) is 0 Å². The van der Waals surface area contributed by atoms with Gasteiger partial charge in [0.05, 0.1) is 0 Å². The Balaban J connectivity index is 4.41. The standard InChI is InChI=1S/C77H120O6/c1-4-7-10-13-16-19-22-25-28-30-32-33-34-35-36-37-38-39-40-41-42-43-45-46-49-52-55-58-61-64-67-70-76(79)82-73-74(72-81-75(78)69-66-63-60-57-54-51-48-27-24-21-18-15-12-9-6-3)83-77(80)71-68-65-62-59-56-53-50-47-44-31-29-26-23-20-17-14-11-8-5-2/h7-12,16-21,25-29,32-33,35-36,38-39,41-42,44,47-48,54,57,74H,4-6,13-15,22-24,30-31,34,37,40,43,45-46,49-53,55-56,58-73H2,1-3H3/b10-7-,11-8-,12-9-,19-16-,20-17-,21-18-,28-25-,29-26-,33-32-,36-35-,39-38-,42-41-,47-44-,48-27-,57-54-. The zero-order chi connectivity index (χ0) is 59.9. The predicted octanol–water partition coefficient (Wildman–Crippen LogP) is 23.2. The fourth-order valence-corrected chi connectivity index (χ4v) is 8.52. The van der Waals surface area contributed by atoms with E-state index in [4.69, 9.17) is 14.2 Å². The van der Waals surface area contributed by atoms with Crippen molar-refractivity contribution < 1.29 is 28.6 Å². The molecular weight excluding hydrogens is 1020 g/mol. The van der Waals surface area contributed by atoms with Crippen LogP contribution >= 0.6 is 0 Å². The van der Waals surface area contributed by atoms with E-state index in [-0.39, 0.29) is 31.1 Å². The van der Waals surface area contributed by atoms with E-state index in [9.17, 15) is 14.4 Å². The van der Waals surface area contributed by atoms with Crippen LogP contribution in [0.5, 0.6) is 0 Å². The van der Waals surface area contributed by atoms with Crippen molar-refractivity contribution in [2.75, 3.05) is 13.2 Å². The number of ether oxygens (including phenoxy) is 3. The molecule has 0 amide bonds. The molecule has 0 rings (SSSR count). The molecule has 0 heterocycles. The van der Waals surface area contributed by atoms with Crippen LogP contribution in [0.1, 0.15) is 265 Å². The van der Waals surface area contributed by atoms with E-state index in [0.717, 1.165) is 167 Å². The van der Waals surface area contributed by atoms with Crippen LogP contribution in [0.15, 0.2) is 182 Å². The highest BCUT2D eigenvalue weighted by Gasteiger charge is 2.19. The second kappa shape index (κ2) is 69.0. The van der Waals surface area contributed by atoms with Gasteiger partial charge in [-0.05, 0) is 154 Å². The van der Waals surface area contributed by atoms with Crippen molar-refractivity contribution in [3.8, 4) is 0 Å². The lowest BCUT2D eigenvalue weighted by molar-refractivity contribution is -0.167. The van der Waals surface area contributed by atoms with Crippen molar-refractivity contribution in [3.05, 3.63) is 182 Å². The van der Waals surface area contributed by atoms with Crippen molar-refractivity contribution in [2.24, 2.45) is 0 Å². The van der Waals surface area contributed by atoms with Crippen LogP contribution in [0, 0.1) is 0 Å². The highest BCUT2D eigenvalue weighted by atomic mass is 16.6. The molecule has 6 heteroatoms. The van der Waals surface area contributed by atoms with E-state index in [1.54, 1.807) is 0 Å². The van der Waals surface area contributed by atoms with Gasteiger partial charge in [-0.25, -0.2) is 0 Å². The average Bonchev–Trinajstić information content (AvgIpc) is 3.49. The Hall–Kier alpha value is -5.49. The molecule has 0 aromatic carbocycles. The molecular formula is C77H120O6. The van der Waals surface area contributed by atoms with Gasteiger partial charge in [-0.1, -0.05) is 274 Å². The second-order valence-electron chi connectivity index (χ2n) is 21.2. The van der Waals surface area contributed by atoms with Gasteiger partial charge in [0.2, 0.25) is 0 Å². The number of allylic oxidation sites excluding steroid dienone is 30. The monoisotopic (exact) mass is 1140 g/mol. The molecule has 0 aliphatic heterocycles. The van der Waals surface area contributed by atoms with Crippen molar-refractivity contribution in [1.29, 1.82) is 0 Å². The summed E-state index contributed by atoms with van der Waals surface area (Å²) in [5.41, 5.74) is 0. The van der Waals surface area contributed by atoms with Gasteiger partial charge in [0.25, 0.3) is 0 Å². The van der Waals surface area contributed by atoms with Gasteiger partial charge >= 0.3 is 17.9 Å². The SMILES string of the molecule is CC/C=C\C/C=C\C/C=C\C/C=C\C/C=C\C/C=C\C/C=C\CCCCCCCCCCCC(=O)OCC(COC(=O)CCCC/C=C\C/C=C\C/C=C\C/C=C\CC)OC(=O)CCCCCCCC/C=C\C/C=C\C/C=C\C/C=C\CC. The lowest BCUT2D eigenvalue weighted by Crippen LogP contribution is -2.30. The summed E-state index contributed by atoms with van der Waals surface area (Å²) < 4.78 is 16.9.